The molecule has 0 fully saturated rings. The summed E-state index contributed by atoms with van der Waals surface area (Å²) in [6.07, 6.45) is 0. The van der Waals surface area contributed by atoms with Crippen molar-refractivity contribution in [3.8, 4) is 11.5 Å². The first-order valence-electron chi connectivity index (χ1n) is 4.55. The Balaban J connectivity index is 3.05. The lowest BCUT2D eigenvalue weighted by Gasteiger charge is -2.21. The van der Waals surface area contributed by atoms with E-state index in [4.69, 9.17) is 9.16 Å². The third-order valence-corrected chi connectivity index (χ3v) is 4.14. The Kier molecular flexibility index (Phi) is 4.72. The highest BCUT2D eigenvalue weighted by molar-refractivity contribution is 14.1. The smallest absolute Gasteiger partial charge is 0.242 e. The van der Waals surface area contributed by atoms with Crippen LogP contribution in [0.15, 0.2) is 12.1 Å². The number of halogens is 2. The summed E-state index contributed by atoms with van der Waals surface area (Å²) in [5, 5.41) is 0. The van der Waals surface area contributed by atoms with E-state index in [9.17, 15) is 0 Å². The van der Waals surface area contributed by atoms with Gasteiger partial charge in [-0.3, -0.25) is 0 Å². The molecule has 0 radical (unpaired) electrons. The Labute approximate surface area is 119 Å². The van der Waals surface area contributed by atoms with Gasteiger partial charge < -0.3 is 9.16 Å². The quantitative estimate of drug-likeness (QED) is 0.512. The molecule has 0 amide bonds. The summed E-state index contributed by atoms with van der Waals surface area (Å²) in [6, 6.07) is 4.05. The number of benzene rings is 1. The number of hydrogen-bond donors (Lipinski definition) is 0. The molecule has 0 saturated carbocycles. The molecule has 84 valence electrons. The molecule has 0 aliphatic rings. The van der Waals surface area contributed by atoms with Crippen LogP contribution in [0.2, 0.25) is 19.6 Å². The minimum atomic E-state index is -1.53. The molecule has 1 aromatic rings. The van der Waals surface area contributed by atoms with Gasteiger partial charge >= 0.3 is 0 Å². The number of hydrogen-bond acceptors (Lipinski definition) is 2. The van der Waals surface area contributed by atoms with Crippen LogP contribution in [0.3, 0.4) is 0 Å². The predicted octanol–water partition coefficient (Wildman–Crippen LogP) is 4.12. The van der Waals surface area contributed by atoms with E-state index in [-0.39, 0.29) is 0 Å². The normalized spacial score (nSPS) is 11.3. The van der Waals surface area contributed by atoms with Crippen molar-refractivity contribution in [3.63, 3.8) is 0 Å². The van der Waals surface area contributed by atoms with Crippen molar-refractivity contribution in [3.05, 3.63) is 19.3 Å². The van der Waals surface area contributed by atoms with Crippen LogP contribution in [0.5, 0.6) is 11.5 Å². The summed E-state index contributed by atoms with van der Waals surface area (Å²) in [5.41, 5.74) is 0. The van der Waals surface area contributed by atoms with Crippen LogP contribution in [0.1, 0.15) is 0 Å². The average molecular weight is 448 g/mol. The molecule has 0 aliphatic heterocycles. The van der Waals surface area contributed by atoms with Gasteiger partial charge in [-0.25, -0.2) is 0 Å². The fourth-order valence-corrected chi connectivity index (χ4v) is 3.32. The molecule has 5 heteroatoms. The van der Waals surface area contributed by atoms with Crippen molar-refractivity contribution in [2.45, 2.75) is 19.6 Å². The molecule has 2 nitrogen and oxygen atoms in total. The molecule has 0 unspecified atom stereocenters. The minimum absolute atomic E-state index is 0.905. The second-order valence-electron chi connectivity index (χ2n) is 4.13. The summed E-state index contributed by atoms with van der Waals surface area (Å²) < 4.78 is 13.4. The number of ether oxygens (including phenoxy) is 1. The standard InChI is InChI=1S/C10H14I2O2Si/c1-13-9-5-8(12)10(6-7(9)11)14-15(2,3)4/h5-6H,1-4H3. The Bertz CT molecular complexity index is 361. The number of methoxy groups -OCH3 is 1. The van der Waals surface area contributed by atoms with E-state index in [1.54, 1.807) is 7.11 Å². The molecular formula is C10H14I2O2Si. The highest BCUT2D eigenvalue weighted by atomic mass is 127. The molecule has 0 saturated heterocycles. The van der Waals surface area contributed by atoms with Gasteiger partial charge in [0.25, 0.3) is 0 Å². The average Bonchev–Trinajstić information content (AvgIpc) is 2.08. The molecule has 0 aliphatic carbocycles. The molecule has 0 heterocycles. The zero-order valence-electron chi connectivity index (χ0n) is 9.23. The molecule has 1 aromatic carbocycles. The van der Waals surface area contributed by atoms with Crippen molar-refractivity contribution >= 4 is 53.5 Å². The maximum atomic E-state index is 5.98. The Hall–Kier alpha value is 0.497. The maximum absolute atomic E-state index is 5.98. The lowest BCUT2D eigenvalue weighted by atomic mass is 10.3. The van der Waals surface area contributed by atoms with Crippen molar-refractivity contribution in [1.82, 2.24) is 0 Å². The Morgan fingerprint density at radius 2 is 1.47 bits per heavy atom. The highest BCUT2D eigenvalue weighted by Gasteiger charge is 2.18. The first kappa shape index (κ1) is 13.6. The minimum Gasteiger partial charge on any atom is -0.544 e. The fraction of sp³-hybridized carbons (Fsp3) is 0.400. The van der Waals surface area contributed by atoms with Crippen LogP contribution in [0, 0.1) is 7.14 Å². The van der Waals surface area contributed by atoms with E-state index < -0.39 is 8.32 Å². The summed E-state index contributed by atoms with van der Waals surface area (Å²) in [4.78, 5) is 0. The molecule has 0 aromatic heterocycles. The lowest BCUT2D eigenvalue weighted by Crippen LogP contribution is -2.29. The van der Waals surface area contributed by atoms with Gasteiger partial charge in [-0.05, 0) is 77.0 Å². The van der Waals surface area contributed by atoms with Gasteiger partial charge in [0.05, 0.1) is 14.3 Å². The van der Waals surface area contributed by atoms with Gasteiger partial charge in [-0.15, -0.1) is 0 Å². The molecule has 0 bridgehead atoms. The largest absolute Gasteiger partial charge is 0.544 e. The molecule has 0 N–H and O–H groups in total. The summed E-state index contributed by atoms with van der Waals surface area (Å²) >= 11 is 4.54. The topological polar surface area (TPSA) is 18.5 Å². The van der Waals surface area contributed by atoms with Crippen LogP contribution in [-0.2, 0) is 0 Å². The van der Waals surface area contributed by atoms with E-state index in [0.717, 1.165) is 18.6 Å². The zero-order valence-corrected chi connectivity index (χ0v) is 14.5. The molecular weight excluding hydrogens is 434 g/mol. The van der Waals surface area contributed by atoms with Gasteiger partial charge in [-0.1, -0.05) is 0 Å². The van der Waals surface area contributed by atoms with Crippen LogP contribution in [0.4, 0.5) is 0 Å². The van der Waals surface area contributed by atoms with E-state index >= 15 is 0 Å². The molecule has 0 atom stereocenters. The monoisotopic (exact) mass is 448 g/mol. The third-order valence-electron chi connectivity index (χ3n) is 1.62. The lowest BCUT2D eigenvalue weighted by molar-refractivity contribution is 0.410. The SMILES string of the molecule is COc1cc(I)c(O[Si](C)(C)C)cc1I. The van der Waals surface area contributed by atoms with Gasteiger partial charge in [0.2, 0.25) is 8.32 Å². The summed E-state index contributed by atoms with van der Waals surface area (Å²) in [6.45, 7) is 6.54. The van der Waals surface area contributed by atoms with Gasteiger partial charge in [-0.2, -0.15) is 0 Å². The Morgan fingerprint density at radius 1 is 1.00 bits per heavy atom. The van der Waals surface area contributed by atoms with E-state index in [0.29, 0.717) is 0 Å². The highest BCUT2D eigenvalue weighted by Crippen LogP contribution is 2.32. The van der Waals surface area contributed by atoms with Crippen LogP contribution >= 0.6 is 45.2 Å². The zero-order chi connectivity index (χ0) is 11.6. The predicted molar refractivity (Wildman–Crippen MR) is 82.4 cm³/mol. The summed E-state index contributed by atoms with van der Waals surface area (Å²) in [5.74, 6) is 1.88. The van der Waals surface area contributed by atoms with Crippen molar-refractivity contribution in [1.29, 1.82) is 0 Å². The second kappa shape index (κ2) is 5.22. The van der Waals surface area contributed by atoms with E-state index in [1.807, 2.05) is 12.1 Å². The second-order valence-corrected chi connectivity index (χ2v) is 10.9. The van der Waals surface area contributed by atoms with Gasteiger partial charge in [0, 0.05) is 0 Å². The van der Waals surface area contributed by atoms with Crippen molar-refractivity contribution in [2.24, 2.45) is 0 Å². The Morgan fingerprint density at radius 3 is 1.93 bits per heavy atom. The molecule has 15 heavy (non-hydrogen) atoms. The van der Waals surface area contributed by atoms with Crippen molar-refractivity contribution < 1.29 is 9.16 Å². The first-order valence-corrected chi connectivity index (χ1v) is 10.1. The molecule has 0 spiro atoms. The third kappa shape index (κ3) is 4.10. The van der Waals surface area contributed by atoms with Crippen LogP contribution in [0.25, 0.3) is 0 Å². The first-order chi connectivity index (χ1) is 6.83. The van der Waals surface area contributed by atoms with E-state index in [1.165, 1.54) is 0 Å². The van der Waals surface area contributed by atoms with Gasteiger partial charge in [0.15, 0.2) is 0 Å². The van der Waals surface area contributed by atoms with E-state index in [2.05, 4.69) is 64.8 Å². The maximum Gasteiger partial charge on any atom is 0.242 e. The van der Waals surface area contributed by atoms with Crippen LogP contribution < -0.4 is 9.16 Å². The number of rotatable bonds is 3. The summed E-state index contributed by atoms with van der Waals surface area (Å²) in [7, 11) is 0.158. The fourth-order valence-electron chi connectivity index (χ4n) is 1.07. The van der Waals surface area contributed by atoms with Gasteiger partial charge in [0.1, 0.15) is 11.5 Å². The van der Waals surface area contributed by atoms with Crippen molar-refractivity contribution in [2.75, 3.05) is 7.11 Å². The van der Waals surface area contributed by atoms with Crippen LogP contribution in [-0.4, -0.2) is 15.4 Å². The molecule has 1 rings (SSSR count).